The smallest absolute Gasteiger partial charge is 0.240 e. The van der Waals surface area contributed by atoms with E-state index in [4.69, 9.17) is 0 Å². The first-order valence-corrected chi connectivity index (χ1v) is 13.2. The van der Waals surface area contributed by atoms with Gasteiger partial charge in [-0.15, -0.1) is 11.3 Å². The van der Waals surface area contributed by atoms with Gasteiger partial charge in [0.15, 0.2) is 5.16 Å². The number of aryl methyl sites for hydroxylation is 1. The molecule has 0 N–H and O–H groups in total. The average molecular weight is 489 g/mol. The van der Waals surface area contributed by atoms with Gasteiger partial charge in [-0.25, -0.2) is 9.97 Å². The number of carbonyl (C=O) groups is 1. The molecule has 5 rings (SSSR count). The lowest BCUT2D eigenvalue weighted by Crippen LogP contribution is -2.43. The molecule has 0 radical (unpaired) electrons. The topological polar surface area (TPSA) is 49.3 Å². The number of thioether (sulfide) groups is 1. The summed E-state index contributed by atoms with van der Waals surface area (Å²) in [5.41, 5.74) is 2.48. The van der Waals surface area contributed by atoms with E-state index in [1.807, 2.05) is 18.0 Å². The van der Waals surface area contributed by atoms with Gasteiger partial charge in [-0.05, 0) is 42.5 Å². The fourth-order valence-electron chi connectivity index (χ4n) is 4.60. The number of aromatic nitrogens is 2. The number of likely N-dealkylation sites (tertiary alicyclic amines) is 1. The summed E-state index contributed by atoms with van der Waals surface area (Å²) in [6, 6.07) is 20.8. The highest BCUT2D eigenvalue weighted by Gasteiger charge is 2.39. The largest absolute Gasteiger partial charge is 0.339 e. The van der Waals surface area contributed by atoms with E-state index >= 15 is 0 Å². The molecule has 3 heterocycles. The number of benzene rings is 2. The molecule has 34 heavy (non-hydrogen) atoms. The highest BCUT2D eigenvalue weighted by molar-refractivity contribution is 7.99. The van der Waals surface area contributed by atoms with Crippen molar-refractivity contribution in [3.8, 4) is 0 Å². The van der Waals surface area contributed by atoms with Crippen LogP contribution in [0, 0.1) is 6.92 Å². The van der Waals surface area contributed by atoms with Gasteiger partial charge in [0.05, 0.1) is 12.6 Å². The van der Waals surface area contributed by atoms with Crippen LogP contribution < -0.4 is 0 Å². The maximum atomic E-state index is 13.7. The third-order valence-corrected chi connectivity index (χ3v) is 8.38. The van der Waals surface area contributed by atoms with Gasteiger partial charge in [0.2, 0.25) is 5.91 Å². The molecule has 0 unspecified atom stereocenters. The molecule has 0 aliphatic carbocycles. The first-order chi connectivity index (χ1) is 16.5. The molecular weight excluding hydrogens is 460 g/mol. The number of hydrogen-bond donors (Lipinski definition) is 0. The Bertz CT molecular complexity index is 1240. The van der Waals surface area contributed by atoms with E-state index in [1.165, 1.54) is 26.1 Å². The lowest BCUT2D eigenvalue weighted by atomic mass is 10.1. The van der Waals surface area contributed by atoms with Crippen LogP contribution in [0.1, 0.15) is 22.4 Å². The number of nitrogens with zero attached hydrogens (tertiary/aromatic N) is 4. The summed E-state index contributed by atoms with van der Waals surface area (Å²) in [4.78, 5) is 27.9. The lowest BCUT2D eigenvalue weighted by Gasteiger charge is -2.27. The van der Waals surface area contributed by atoms with Gasteiger partial charge in [-0.1, -0.05) is 59.8 Å². The highest BCUT2D eigenvalue weighted by Crippen LogP contribution is 2.33. The molecule has 2 aromatic carbocycles. The van der Waals surface area contributed by atoms with E-state index in [9.17, 15) is 4.79 Å². The second-order valence-corrected chi connectivity index (χ2v) is 11.3. The number of thiophene rings is 1. The molecule has 0 saturated carbocycles. The minimum Gasteiger partial charge on any atom is -0.339 e. The Morgan fingerprint density at radius 1 is 1.12 bits per heavy atom. The number of hydrogen-bond acceptors (Lipinski definition) is 6. The summed E-state index contributed by atoms with van der Waals surface area (Å²) < 4.78 is 1.26. The molecule has 1 saturated heterocycles. The third-order valence-electron chi connectivity index (χ3n) is 6.18. The zero-order valence-corrected chi connectivity index (χ0v) is 21.1. The molecule has 7 heteroatoms. The zero-order chi connectivity index (χ0) is 23.5. The normalized spacial score (nSPS) is 18.4. The quantitative estimate of drug-likeness (QED) is 0.326. The Labute approximate surface area is 208 Å². The minimum atomic E-state index is -0.152. The van der Waals surface area contributed by atoms with Crippen molar-refractivity contribution in [3.63, 3.8) is 0 Å². The number of fused-ring (bicyclic) bond motifs is 1. The molecule has 1 fully saturated rings. The first-order valence-electron chi connectivity index (χ1n) is 11.5. The van der Waals surface area contributed by atoms with Crippen LogP contribution in [0.5, 0.6) is 0 Å². The average Bonchev–Trinajstić information content (AvgIpc) is 3.42. The Hall–Kier alpha value is -2.74. The maximum Gasteiger partial charge on any atom is 0.240 e. The van der Waals surface area contributed by atoms with Crippen molar-refractivity contribution < 1.29 is 4.79 Å². The van der Waals surface area contributed by atoms with E-state index in [0.717, 1.165) is 24.7 Å². The number of amides is 1. The molecule has 2 atom stereocenters. The second kappa shape index (κ2) is 10.3. The Balaban J connectivity index is 1.33. The predicted octanol–water partition coefficient (Wildman–Crippen LogP) is 5.39. The van der Waals surface area contributed by atoms with Gasteiger partial charge in [0.25, 0.3) is 0 Å². The van der Waals surface area contributed by atoms with E-state index in [2.05, 4.69) is 76.4 Å². The van der Waals surface area contributed by atoms with Crippen molar-refractivity contribution in [1.29, 1.82) is 0 Å². The van der Waals surface area contributed by atoms with Crippen molar-refractivity contribution >= 4 is 39.1 Å². The lowest BCUT2D eigenvalue weighted by molar-refractivity contribution is -0.135. The van der Waals surface area contributed by atoms with Gasteiger partial charge < -0.3 is 4.90 Å². The summed E-state index contributed by atoms with van der Waals surface area (Å²) in [6.07, 6.45) is 4.34. The fraction of sp³-hybridized carbons (Fsp3) is 0.296. The molecule has 1 aliphatic rings. The minimum absolute atomic E-state index is 0.152. The van der Waals surface area contributed by atoms with Crippen LogP contribution in [0.3, 0.4) is 0 Å². The fourth-order valence-corrected chi connectivity index (χ4v) is 6.80. The van der Waals surface area contributed by atoms with Crippen molar-refractivity contribution in [1.82, 2.24) is 19.8 Å². The van der Waals surface area contributed by atoms with E-state index in [-0.39, 0.29) is 17.2 Å². The van der Waals surface area contributed by atoms with Crippen molar-refractivity contribution in [2.45, 2.75) is 42.9 Å². The molecule has 5 nitrogen and oxygen atoms in total. The Morgan fingerprint density at radius 2 is 1.94 bits per heavy atom. The van der Waals surface area contributed by atoms with Crippen molar-refractivity contribution in [3.05, 3.63) is 89.1 Å². The van der Waals surface area contributed by atoms with Gasteiger partial charge in [0.1, 0.15) is 0 Å². The molecule has 2 aromatic heterocycles. The number of likely N-dealkylation sites (N-methyl/N-ethyl adjacent to an activating group) is 1. The monoisotopic (exact) mass is 488 g/mol. The van der Waals surface area contributed by atoms with Crippen molar-refractivity contribution in [2.75, 3.05) is 13.6 Å². The zero-order valence-electron chi connectivity index (χ0n) is 19.4. The standard InChI is InChI=1S/C27H28N4OS2/c1-19-7-5-8-20(13-19)16-31-18-23(34-27-28-11-6-12-29-27)15-24(31)26(32)30(2)17-22-14-21-9-3-4-10-25(21)33-22/h3-14,23-24H,15-18H2,1-2H3/t23-,24+/m1/s1. The molecule has 4 aromatic rings. The van der Waals surface area contributed by atoms with Crippen LogP contribution in [-0.4, -0.2) is 50.6 Å². The molecule has 1 aliphatic heterocycles. The first kappa shape index (κ1) is 23.0. The van der Waals surface area contributed by atoms with Crippen LogP contribution >= 0.6 is 23.1 Å². The van der Waals surface area contributed by atoms with E-state index < -0.39 is 0 Å². The van der Waals surface area contributed by atoms with Crippen LogP contribution in [0.15, 0.2) is 78.2 Å². The van der Waals surface area contributed by atoms with Gasteiger partial charge in [-0.2, -0.15) is 0 Å². The van der Waals surface area contributed by atoms with Gasteiger partial charge in [0, 0.05) is 47.4 Å². The summed E-state index contributed by atoms with van der Waals surface area (Å²) in [5.74, 6) is 0.183. The molecule has 0 bridgehead atoms. The Morgan fingerprint density at radius 3 is 2.74 bits per heavy atom. The summed E-state index contributed by atoms with van der Waals surface area (Å²) in [5, 5.41) is 2.29. The predicted molar refractivity (Wildman–Crippen MR) is 140 cm³/mol. The molecule has 0 spiro atoms. The second-order valence-electron chi connectivity index (χ2n) is 8.89. The van der Waals surface area contributed by atoms with Crippen molar-refractivity contribution in [2.24, 2.45) is 0 Å². The van der Waals surface area contributed by atoms with Gasteiger partial charge in [-0.3, -0.25) is 9.69 Å². The number of rotatable bonds is 7. The third kappa shape index (κ3) is 5.32. The number of carbonyl (C=O) groups excluding carboxylic acids is 1. The van der Waals surface area contributed by atoms with Gasteiger partial charge >= 0.3 is 0 Å². The molecule has 174 valence electrons. The summed E-state index contributed by atoms with van der Waals surface area (Å²) in [7, 11) is 1.93. The SMILES string of the molecule is Cc1cccc(CN2C[C@H](Sc3ncccn3)C[C@H]2C(=O)N(C)Cc2cc3ccccc3s2)c1. The molecule has 1 amide bonds. The summed E-state index contributed by atoms with van der Waals surface area (Å²) in [6.45, 7) is 4.35. The summed E-state index contributed by atoms with van der Waals surface area (Å²) >= 11 is 3.44. The van der Waals surface area contributed by atoms with Crippen LogP contribution in [0.25, 0.3) is 10.1 Å². The van der Waals surface area contributed by atoms with E-state index in [0.29, 0.717) is 6.54 Å². The van der Waals surface area contributed by atoms with Crippen LogP contribution in [0.4, 0.5) is 0 Å². The maximum absolute atomic E-state index is 13.7. The van der Waals surface area contributed by atoms with Crippen LogP contribution in [0.2, 0.25) is 0 Å². The van der Waals surface area contributed by atoms with E-state index in [1.54, 1.807) is 35.5 Å². The van der Waals surface area contributed by atoms with Crippen LogP contribution in [-0.2, 0) is 17.9 Å². The highest BCUT2D eigenvalue weighted by atomic mass is 32.2. The molecular formula is C27H28N4OS2. The Kier molecular flexibility index (Phi) is 6.94.